The first-order chi connectivity index (χ1) is 9.46. The van der Waals surface area contributed by atoms with Crippen LogP contribution in [0.5, 0.6) is 0 Å². The van der Waals surface area contributed by atoms with E-state index in [4.69, 9.17) is 5.73 Å². The van der Waals surface area contributed by atoms with Crippen LogP contribution in [0, 0.1) is 13.8 Å². The number of nitrogens with zero attached hydrogens (tertiary/aromatic N) is 1. The van der Waals surface area contributed by atoms with Gasteiger partial charge in [0.15, 0.2) is 0 Å². The van der Waals surface area contributed by atoms with E-state index in [0.29, 0.717) is 18.0 Å². The van der Waals surface area contributed by atoms with E-state index < -0.39 is 10.0 Å². The largest absolute Gasteiger partial charge is 0.330 e. The number of nitrogens with two attached hydrogens (primary N) is 1. The summed E-state index contributed by atoms with van der Waals surface area (Å²) in [7, 11) is -3.40. The lowest BCUT2D eigenvalue weighted by atomic mass is 10.0. The first-order valence-corrected chi connectivity index (χ1v) is 8.70. The first-order valence-electron chi connectivity index (χ1n) is 7.26. The molecule has 112 valence electrons. The zero-order chi connectivity index (χ0) is 14.8. The van der Waals surface area contributed by atoms with Crippen molar-refractivity contribution in [3.63, 3.8) is 0 Å². The third kappa shape index (κ3) is 3.05. The van der Waals surface area contributed by atoms with Crippen molar-refractivity contribution in [3.05, 3.63) is 29.3 Å². The van der Waals surface area contributed by atoms with E-state index in [-0.39, 0.29) is 6.04 Å². The van der Waals surface area contributed by atoms with Gasteiger partial charge < -0.3 is 5.73 Å². The maximum absolute atomic E-state index is 12.9. The van der Waals surface area contributed by atoms with Crippen LogP contribution in [0.3, 0.4) is 0 Å². The minimum absolute atomic E-state index is 0.0550. The minimum Gasteiger partial charge on any atom is -0.330 e. The zero-order valence-corrected chi connectivity index (χ0v) is 13.1. The van der Waals surface area contributed by atoms with Gasteiger partial charge in [0, 0.05) is 12.6 Å². The summed E-state index contributed by atoms with van der Waals surface area (Å²) in [5, 5.41) is 0. The van der Waals surface area contributed by atoms with E-state index in [1.165, 1.54) is 0 Å². The molecule has 1 unspecified atom stereocenters. The Balaban J connectivity index is 2.37. The molecule has 20 heavy (non-hydrogen) atoms. The van der Waals surface area contributed by atoms with Crippen LogP contribution in [0.1, 0.15) is 36.8 Å². The molecule has 1 saturated heterocycles. The molecule has 2 N–H and O–H groups in total. The van der Waals surface area contributed by atoms with Crippen molar-refractivity contribution in [2.75, 3.05) is 13.1 Å². The molecule has 2 rings (SSSR count). The van der Waals surface area contributed by atoms with Gasteiger partial charge in [0.25, 0.3) is 0 Å². The van der Waals surface area contributed by atoms with Crippen molar-refractivity contribution in [1.29, 1.82) is 0 Å². The maximum Gasteiger partial charge on any atom is 0.243 e. The zero-order valence-electron chi connectivity index (χ0n) is 12.3. The van der Waals surface area contributed by atoms with Crippen LogP contribution in [-0.2, 0) is 10.0 Å². The van der Waals surface area contributed by atoms with Crippen LogP contribution >= 0.6 is 0 Å². The maximum atomic E-state index is 12.9. The SMILES string of the molecule is Cc1ccc(S(=O)(=O)N2CCCCC2CCN)c(C)c1. The molecule has 0 saturated carbocycles. The summed E-state index contributed by atoms with van der Waals surface area (Å²) in [5.74, 6) is 0. The summed E-state index contributed by atoms with van der Waals surface area (Å²) in [6.45, 7) is 4.98. The van der Waals surface area contributed by atoms with Crippen molar-refractivity contribution in [1.82, 2.24) is 4.31 Å². The smallest absolute Gasteiger partial charge is 0.243 e. The van der Waals surface area contributed by atoms with E-state index in [2.05, 4.69) is 0 Å². The third-order valence-electron chi connectivity index (χ3n) is 3.99. The molecule has 1 aliphatic rings. The standard InChI is InChI=1S/C15H24N2O2S/c1-12-6-7-15(13(2)11-12)20(18,19)17-10-4-3-5-14(17)8-9-16/h6-7,11,14H,3-5,8-10,16H2,1-2H3. The summed E-state index contributed by atoms with van der Waals surface area (Å²) >= 11 is 0. The van der Waals surface area contributed by atoms with E-state index in [9.17, 15) is 8.42 Å². The molecule has 1 aromatic rings. The second kappa shape index (κ2) is 6.24. The van der Waals surface area contributed by atoms with Gasteiger partial charge in [-0.2, -0.15) is 4.31 Å². The molecule has 1 heterocycles. The lowest BCUT2D eigenvalue weighted by Crippen LogP contribution is -2.44. The van der Waals surface area contributed by atoms with E-state index in [1.807, 2.05) is 26.0 Å². The highest BCUT2D eigenvalue weighted by Crippen LogP contribution is 2.28. The van der Waals surface area contributed by atoms with Crippen LogP contribution in [0.25, 0.3) is 0 Å². The summed E-state index contributed by atoms with van der Waals surface area (Å²) in [6, 6.07) is 5.57. The molecule has 1 aliphatic heterocycles. The van der Waals surface area contributed by atoms with Gasteiger partial charge in [-0.1, -0.05) is 24.1 Å². The van der Waals surface area contributed by atoms with Gasteiger partial charge in [-0.05, 0) is 51.3 Å². The van der Waals surface area contributed by atoms with Crippen LogP contribution in [0.2, 0.25) is 0 Å². The molecule has 1 atom stereocenters. The Kier molecular flexibility index (Phi) is 4.83. The number of hydrogen-bond acceptors (Lipinski definition) is 3. The predicted molar refractivity (Wildman–Crippen MR) is 81.1 cm³/mol. The molecule has 0 radical (unpaired) electrons. The van der Waals surface area contributed by atoms with Crippen LogP contribution < -0.4 is 5.73 Å². The molecule has 0 bridgehead atoms. The van der Waals surface area contributed by atoms with Gasteiger partial charge >= 0.3 is 0 Å². The fraction of sp³-hybridized carbons (Fsp3) is 0.600. The Morgan fingerprint density at radius 2 is 2.05 bits per heavy atom. The molecule has 0 spiro atoms. The van der Waals surface area contributed by atoms with Crippen molar-refractivity contribution >= 4 is 10.0 Å². The Hall–Kier alpha value is -0.910. The predicted octanol–water partition coefficient (Wildman–Crippen LogP) is 2.20. The van der Waals surface area contributed by atoms with Gasteiger partial charge in [0.05, 0.1) is 4.90 Å². The quantitative estimate of drug-likeness (QED) is 0.926. The number of piperidine rings is 1. The lowest BCUT2D eigenvalue weighted by Gasteiger charge is -2.35. The number of benzene rings is 1. The van der Waals surface area contributed by atoms with Crippen LogP contribution in [0.15, 0.2) is 23.1 Å². The second-order valence-electron chi connectivity index (χ2n) is 5.61. The average molecular weight is 296 g/mol. The highest BCUT2D eigenvalue weighted by molar-refractivity contribution is 7.89. The molecule has 0 amide bonds. The van der Waals surface area contributed by atoms with Gasteiger partial charge in [0.2, 0.25) is 10.0 Å². The minimum atomic E-state index is -3.40. The van der Waals surface area contributed by atoms with Crippen molar-refractivity contribution in [2.24, 2.45) is 5.73 Å². The number of aryl methyl sites for hydroxylation is 2. The normalized spacial score (nSPS) is 21.1. The fourth-order valence-corrected chi connectivity index (χ4v) is 4.92. The Morgan fingerprint density at radius 3 is 2.70 bits per heavy atom. The number of sulfonamides is 1. The van der Waals surface area contributed by atoms with E-state index in [1.54, 1.807) is 10.4 Å². The Bertz CT molecular complexity index is 567. The number of rotatable bonds is 4. The molecule has 4 nitrogen and oxygen atoms in total. The fourth-order valence-electron chi connectivity index (χ4n) is 2.99. The van der Waals surface area contributed by atoms with E-state index >= 15 is 0 Å². The number of hydrogen-bond donors (Lipinski definition) is 1. The molecular weight excluding hydrogens is 272 g/mol. The lowest BCUT2D eigenvalue weighted by molar-refractivity contribution is 0.243. The van der Waals surface area contributed by atoms with Crippen molar-refractivity contribution < 1.29 is 8.42 Å². The van der Waals surface area contributed by atoms with Crippen LogP contribution in [-0.4, -0.2) is 31.9 Å². The van der Waals surface area contributed by atoms with Gasteiger partial charge in [-0.25, -0.2) is 8.42 Å². The molecule has 1 aromatic carbocycles. The highest BCUT2D eigenvalue weighted by Gasteiger charge is 2.33. The topological polar surface area (TPSA) is 63.4 Å². The Labute approximate surface area is 122 Å². The summed E-state index contributed by atoms with van der Waals surface area (Å²) in [6.07, 6.45) is 3.68. The second-order valence-corrected chi connectivity index (χ2v) is 7.47. The average Bonchev–Trinajstić information content (AvgIpc) is 2.39. The van der Waals surface area contributed by atoms with Crippen molar-refractivity contribution in [3.8, 4) is 0 Å². The summed E-state index contributed by atoms with van der Waals surface area (Å²) < 4.78 is 27.4. The van der Waals surface area contributed by atoms with Gasteiger partial charge in [0.1, 0.15) is 0 Å². The molecule has 0 aliphatic carbocycles. The molecule has 5 heteroatoms. The monoisotopic (exact) mass is 296 g/mol. The summed E-state index contributed by atoms with van der Waals surface area (Å²) in [5.41, 5.74) is 7.54. The van der Waals surface area contributed by atoms with Gasteiger partial charge in [-0.15, -0.1) is 0 Å². The third-order valence-corrected chi connectivity index (χ3v) is 6.10. The highest BCUT2D eigenvalue weighted by atomic mass is 32.2. The molecule has 0 aromatic heterocycles. The first kappa shape index (κ1) is 15.5. The van der Waals surface area contributed by atoms with Crippen molar-refractivity contribution in [2.45, 2.75) is 50.5 Å². The van der Waals surface area contributed by atoms with E-state index in [0.717, 1.165) is 36.8 Å². The molecular formula is C15H24N2O2S. The molecule has 1 fully saturated rings. The summed E-state index contributed by atoms with van der Waals surface area (Å²) in [4.78, 5) is 0.437. The van der Waals surface area contributed by atoms with Gasteiger partial charge in [-0.3, -0.25) is 0 Å². The van der Waals surface area contributed by atoms with Crippen LogP contribution in [0.4, 0.5) is 0 Å². The Morgan fingerprint density at radius 1 is 1.30 bits per heavy atom.